The SMILES string of the molecule is Cc1ccc(CN2C(=O)CC[C@H]2C(=O)NCc2ccc(C)n2C)cc1. The molecule has 0 saturated carbocycles. The summed E-state index contributed by atoms with van der Waals surface area (Å²) < 4.78 is 2.06. The molecule has 132 valence electrons. The Hall–Kier alpha value is -2.56. The molecule has 0 spiro atoms. The van der Waals surface area contributed by atoms with Crippen LogP contribution in [0, 0.1) is 13.8 Å². The van der Waals surface area contributed by atoms with Crippen LogP contribution in [0.15, 0.2) is 36.4 Å². The van der Waals surface area contributed by atoms with Gasteiger partial charge in [-0.05, 0) is 38.0 Å². The average Bonchev–Trinajstić information content (AvgIpc) is 3.11. The fourth-order valence-corrected chi connectivity index (χ4v) is 3.23. The van der Waals surface area contributed by atoms with Crippen molar-refractivity contribution in [2.24, 2.45) is 7.05 Å². The molecule has 0 bridgehead atoms. The maximum absolute atomic E-state index is 12.6. The summed E-state index contributed by atoms with van der Waals surface area (Å²) in [5, 5.41) is 2.99. The van der Waals surface area contributed by atoms with Gasteiger partial charge in [-0.15, -0.1) is 0 Å². The summed E-state index contributed by atoms with van der Waals surface area (Å²) in [7, 11) is 1.99. The minimum absolute atomic E-state index is 0.0513. The Morgan fingerprint density at radius 2 is 1.88 bits per heavy atom. The Kier molecular flexibility index (Phi) is 4.93. The first-order valence-electron chi connectivity index (χ1n) is 8.69. The zero-order valence-electron chi connectivity index (χ0n) is 15.1. The molecular weight excluding hydrogens is 314 g/mol. The standard InChI is InChI=1S/C20H25N3O2/c1-14-4-7-16(8-5-14)13-23-18(10-11-19(23)24)20(25)21-12-17-9-6-15(2)22(17)3/h4-9,18H,10-13H2,1-3H3,(H,21,25)/t18-/m0/s1. The molecule has 5 nitrogen and oxygen atoms in total. The van der Waals surface area contributed by atoms with Crippen molar-refractivity contribution in [3.63, 3.8) is 0 Å². The number of carbonyl (C=O) groups excluding carboxylic acids is 2. The molecule has 25 heavy (non-hydrogen) atoms. The molecule has 5 heteroatoms. The summed E-state index contributed by atoms with van der Waals surface area (Å²) in [5.41, 5.74) is 4.45. The van der Waals surface area contributed by atoms with Crippen molar-refractivity contribution in [3.8, 4) is 0 Å². The lowest BCUT2D eigenvalue weighted by Crippen LogP contribution is -2.44. The largest absolute Gasteiger partial charge is 0.350 e. The normalized spacial score (nSPS) is 17.2. The number of nitrogens with zero attached hydrogens (tertiary/aromatic N) is 2. The maximum atomic E-state index is 12.6. The molecule has 2 heterocycles. The van der Waals surface area contributed by atoms with Gasteiger partial charge in [0.05, 0.1) is 6.54 Å². The zero-order chi connectivity index (χ0) is 18.0. The molecule has 0 unspecified atom stereocenters. The van der Waals surface area contributed by atoms with Gasteiger partial charge in [0.15, 0.2) is 0 Å². The summed E-state index contributed by atoms with van der Waals surface area (Å²) in [4.78, 5) is 26.6. The van der Waals surface area contributed by atoms with E-state index in [-0.39, 0.29) is 17.9 Å². The van der Waals surface area contributed by atoms with Gasteiger partial charge in [-0.25, -0.2) is 0 Å². The van der Waals surface area contributed by atoms with Crippen molar-refractivity contribution in [2.75, 3.05) is 0 Å². The second-order valence-electron chi connectivity index (χ2n) is 6.80. The third-order valence-electron chi connectivity index (χ3n) is 5.02. The van der Waals surface area contributed by atoms with E-state index in [1.54, 1.807) is 4.90 Å². The van der Waals surface area contributed by atoms with E-state index in [1.165, 1.54) is 5.56 Å². The third-order valence-corrected chi connectivity index (χ3v) is 5.02. The van der Waals surface area contributed by atoms with Gasteiger partial charge >= 0.3 is 0 Å². The van der Waals surface area contributed by atoms with Gasteiger partial charge in [0.25, 0.3) is 0 Å². The van der Waals surface area contributed by atoms with Gasteiger partial charge in [0.1, 0.15) is 6.04 Å². The van der Waals surface area contributed by atoms with Crippen LogP contribution in [0.3, 0.4) is 0 Å². The second-order valence-corrected chi connectivity index (χ2v) is 6.80. The number of amides is 2. The Labute approximate surface area is 148 Å². The van der Waals surface area contributed by atoms with E-state index in [1.807, 2.05) is 57.3 Å². The minimum Gasteiger partial charge on any atom is -0.350 e. The van der Waals surface area contributed by atoms with Crippen LogP contribution in [-0.2, 0) is 29.7 Å². The van der Waals surface area contributed by atoms with Gasteiger partial charge in [-0.2, -0.15) is 0 Å². The van der Waals surface area contributed by atoms with Crippen molar-refractivity contribution < 1.29 is 9.59 Å². The number of hydrogen-bond acceptors (Lipinski definition) is 2. The summed E-state index contributed by atoms with van der Waals surface area (Å²) >= 11 is 0. The molecule has 1 aliphatic rings. The molecule has 1 N–H and O–H groups in total. The van der Waals surface area contributed by atoms with Crippen molar-refractivity contribution in [2.45, 2.75) is 45.8 Å². The lowest BCUT2D eigenvalue weighted by Gasteiger charge is -2.24. The van der Waals surface area contributed by atoms with E-state index in [2.05, 4.69) is 9.88 Å². The summed E-state index contributed by atoms with van der Waals surface area (Å²) in [6.07, 6.45) is 1.02. The van der Waals surface area contributed by atoms with Crippen LogP contribution in [-0.4, -0.2) is 27.3 Å². The number of rotatable bonds is 5. The van der Waals surface area contributed by atoms with Gasteiger partial charge in [-0.1, -0.05) is 29.8 Å². The van der Waals surface area contributed by atoms with Gasteiger partial charge in [-0.3, -0.25) is 9.59 Å². The fourth-order valence-electron chi connectivity index (χ4n) is 3.23. The van der Waals surface area contributed by atoms with Crippen LogP contribution >= 0.6 is 0 Å². The van der Waals surface area contributed by atoms with E-state index in [0.717, 1.165) is 17.0 Å². The molecule has 3 rings (SSSR count). The number of likely N-dealkylation sites (tertiary alicyclic amines) is 1. The highest BCUT2D eigenvalue weighted by molar-refractivity contribution is 5.90. The first-order chi connectivity index (χ1) is 12.0. The predicted octanol–water partition coefficient (Wildman–Crippen LogP) is 2.45. The number of aromatic nitrogens is 1. The van der Waals surface area contributed by atoms with E-state index in [9.17, 15) is 9.59 Å². The first-order valence-corrected chi connectivity index (χ1v) is 8.69. The third kappa shape index (κ3) is 3.76. The Balaban J connectivity index is 1.65. The molecule has 0 aliphatic carbocycles. The van der Waals surface area contributed by atoms with Crippen LogP contribution in [0.2, 0.25) is 0 Å². The zero-order valence-corrected chi connectivity index (χ0v) is 15.1. The highest BCUT2D eigenvalue weighted by atomic mass is 16.2. The Morgan fingerprint density at radius 3 is 2.52 bits per heavy atom. The van der Waals surface area contributed by atoms with Gasteiger partial charge < -0.3 is 14.8 Å². The molecule has 1 fully saturated rings. The predicted molar refractivity (Wildman–Crippen MR) is 96.7 cm³/mol. The van der Waals surface area contributed by atoms with Crippen LogP contribution < -0.4 is 5.32 Å². The number of hydrogen-bond donors (Lipinski definition) is 1. The summed E-state index contributed by atoms with van der Waals surface area (Å²) in [6.45, 7) is 5.03. The number of aryl methyl sites for hydroxylation is 2. The van der Waals surface area contributed by atoms with Gasteiger partial charge in [0, 0.05) is 31.4 Å². The molecule has 1 aromatic carbocycles. The Morgan fingerprint density at radius 1 is 1.16 bits per heavy atom. The van der Waals surface area contributed by atoms with Crippen molar-refractivity contribution in [3.05, 3.63) is 58.9 Å². The molecular formula is C20H25N3O2. The highest BCUT2D eigenvalue weighted by Crippen LogP contribution is 2.22. The van der Waals surface area contributed by atoms with Crippen molar-refractivity contribution in [1.29, 1.82) is 0 Å². The van der Waals surface area contributed by atoms with Crippen LogP contribution in [0.1, 0.15) is 35.4 Å². The molecule has 1 atom stereocenters. The monoisotopic (exact) mass is 339 g/mol. The van der Waals surface area contributed by atoms with E-state index < -0.39 is 0 Å². The molecule has 1 saturated heterocycles. The van der Waals surface area contributed by atoms with Crippen molar-refractivity contribution in [1.82, 2.24) is 14.8 Å². The number of benzene rings is 1. The van der Waals surface area contributed by atoms with Crippen LogP contribution in [0.25, 0.3) is 0 Å². The lowest BCUT2D eigenvalue weighted by molar-refractivity contribution is -0.135. The molecule has 1 aliphatic heterocycles. The first kappa shape index (κ1) is 17.3. The van der Waals surface area contributed by atoms with Crippen LogP contribution in [0.4, 0.5) is 0 Å². The molecule has 1 aromatic heterocycles. The molecule has 2 amide bonds. The highest BCUT2D eigenvalue weighted by Gasteiger charge is 2.35. The van der Waals surface area contributed by atoms with Gasteiger partial charge in [0.2, 0.25) is 11.8 Å². The Bertz CT molecular complexity index is 777. The summed E-state index contributed by atoms with van der Waals surface area (Å²) in [5.74, 6) is -0.0211. The lowest BCUT2D eigenvalue weighted by atomic mass is 10.1. The average molecular weight is 339 g/mol. The van der Waals surface area contributed by atoms with Crippen LogP contribution in [0.5, 0.6) is 0 Å². The number of nitrogens with one attached hydrogen (secondary N) is 1. The van der Waals surface area contributed by atoms with E-state index in [0.29, 0.717) is 25.9 Å². The van der Waals surface area contributed by atoms with E-state index >= 15 is 0 Å². The minimum atomic E-state index is -0.379. The fraction of sp³-hybridized carbons (Fsp3) is 0.400. The topological polar surface area (TPSA) is 54.3 Å². The quantitative estimate of drug-likeness (QED) is 0.910. The van der Waals surface area contributed by atoms with Crippen molar-refractivity contribution >= 4 is 11.8 Å². The maximum Gasteiger partial charge on any atom is 0.243 e. The molecule has 2 aromatic rings. The second kappa shape index (κ2) is 7.13. The van der Waals surface area contributed by atoms with E-state index in [4.69, 9.17) is 0 Å². The number of carbonyl (C=O) groups is 2. The summed E-state index contributed by atoms with van der Waals surface area (Å²) in [6, 6.07) is 11.8. The smallest absolute Gasteiger partial charge is 0.243 e. The molecule has 0 radical (unpaired) electrons.